The van der Waals surface area contributed by atoms with Gasteiger partial charge in [-0.1, -0.05) is 13.0 Å². The molecule has 0 saturated heterocycles. The van der Waals surface area contributed by atoms with Crippen molar-refractivity contribution in [2.24, 2.45) is 0 Å². The lowest BCUT2D eigenvalue weighted by molar-refractivity contribution is 0.588. The van der Waals surface area contributed by atoms with Crippen molar-refractivity contribution in [1.82, 2.24) is 14.3 Å². The number of aryl methyl sites for hydroxylation is 3. The Balaban J connectivity index is 2.46. The van der Waals surface area contributed by atoms with Crippen LogP contribution >= 0.6 is 15.9 Å². The molecule has 0 aliphatic rings. The molecule has 5 heteroatoms. The van der Waals surface area contributed by atoms with E-state index in [2.05, 4.69) is 34.9 Å². The maximum atomic E-state index is 12.1. The Morgan fingerprint density at radius 2 is 2.11 bits per heavy atom. The maximum Gasteiger partial charge on any atom is 0.253 e. The molecule has 0 saturated carbocycles. The first kappa shape index (κ1) is 14.1. The average Bonchev–Trinajstić information content (AvgIpc) is 2.71. The van der Waals surface area contributed by atoms with E-state index in [4.69, 9.17) is 0 Å². The van der Waals surface area contributed by atoms with Gasteiger partial charge in [-0.25, -0.2) is 0 Å². The van der Waals surface area contributed by atoms with E-state index in [1.807, 2.05) is 29.9 Å². The zero-order chi connectivity index (χ0) is 14.0. The monoisotopic (exact) mass is 323 g/mol. The van der Waals surface area contributed by atoms with Crippen LogP contribution in [0.25, 0.3) is 0 Å². The molecule has 0 amide bonds. The topological polar surface area (TPSA) is 39.8 Å². The van der Waals surface area contributed by atoms with Gasteiger partial charge in [0.25, 0.3) is 5.56 Å². The minimum absolute atomic E-state index is 0.0521. The smallest absolute Gasteiger partial charge is 0.253 e. The SMILES string of the molecule is CCc1nn(CC)c(Cn2cccc(C)c2=O)c1Br. The second-order valence-corrected chi connectivity index (χ2v) is 5.29. The molecule has 102 valence electrons. The molecule has 0 spiro atoms. The Morgan fingerprint density at radius 1 is 1.37 bits per heavy atom. The fourth-order valence-electron chi connectivity index (χ4n) is 2.11. The highest BCUT2D eigenvalue weighted by molar-refractivity contribution is 9.10. The molecule has 4 nitrogen and oxygen atoms in total. The van der Waals surface area contributed by atoms with Gasteiger partial charge in [0.15, 0.2) is 0 Å². The summed E-state index contributed by atoms with van der Waals surface area (Å²) >= 11 is 3.60. The van der Waals surface area contributed by atoms with Crippen LogP contribution in [0.4, 0.5) is 0 Å². The van der Waals surface area contributed by atoms with E-state index in [1.54, 1.807) is 4.57 Å². The van der Waals surface area contributed by atoms with Gasteiger partial charge in [-0.2, -0.15) is 5.10 Å². The highest BCUT2D eigenvalue weighted by Crippen LogP contribution is 2.22. The predicted molar refractivity (Wildman–Crippen MR) is 79.5 cm³/mol. The van der Waals surface area contributed by atoms with Crippen molar-refractivity contribution in [2.45, 2.75) is 40.3 Å². The minimum Gasteiger partial charge on any atom is -0.309 e. The third-order valence-electron chi connectivity index (χ3n) is 3.22. The van der Waals surface area contributed by atoms with Crippen LogP contribution in [-0.4, -0.2) is 14.3 Å². The molecule has 0 aromatic carbocycles. The molecule has 0 fully saturated rings. The lowest BCUT2D eigenvalue weighted by atomic mass is 10.3. The lowest BCUT2D eigenvalue weighted by Gasteiger charge is -2.09. The van der Waals surface area contributed by atoms with Gasteiger partial charge in [0.2, 0.25) is 0 Å². The van der Waals surface area contributed by atoms with E-state index in [-0.39, 0.29) is 5.56 Å². The van der Waals surface area contributed by atoms with Crippen LogP contribution in [0, 0.1) is 6.92 Å². The summed E-state index contributed by atoms with van der Waals surface area (Å²) < 4.78 is 4.70. The average molecular weight is 324 g/mol. The van der Waals surface area contributed by atoms with E-state index in [0.29, 0.717) is 6.54 Å². The second kappa shape index (κ2) is 5.74. The molecule has 0 bridgehead atoms. The molecule has 0 aliphatic carbocycles. The zero-order valence-corrected chi connectivity index (χ0v) is 13.1. The highest BCUT2D eigenvalue weighted by atomic mass is 79.9. The van der Waals surface area contributed by atoms with Crippen LogP contribution in [0.5, 0.6) is 0 Å². The number of aromatic nitrogens is 3. The van der Waals surface area contributed by atoms with Gasteiger partial charge < -0.3 is 4.57 Å². The first-order chi connectivity index (χ1) is 9.08. The van der Waals surface area contributed by atoms with Crippen LogP contribution in [0.15, 0.2) is 27.6 Å². The van der Waals surface area contributed by atoms with Crippen LogP contribution < -0.4 is 5.56 Å². The molecule has 2 rings (SSSR count). The Kier molecular flexibility index (Phi) is 4.24. The van der Waals surface area contributed by atoms with Gasteiger partial charge >= 0.3 is 0 Å². The van der Waals surface area contributed by atoms with E-state index in [9.17, 15) is 4.79 Å². The maximum absolute atomic E-state index is 12.1. The largest absolute Gasteiger partial charge is 0.309 e. The molecule has 2 aromatic rings. The van der Waals surface area contributed by atoms with Crippen molar-refractivity contribution in [3.63, 3.8) is 0 Å². The summed E-state index contributed by atoms with van der Waals surface area (Å²) in [5, 5.41) is 4.55. The lowest BCUT2D eigenvalue weighted by Crippen LogP contribution is -2.23. The Labute approximate surface area is 121 Å². The van der Waals surface area contributed by atoms with Gasteiger partial charge in [-0.05, 0) is 42.3 Å². The number of halogens is 1. The highest BCUT2D eigenvalue weighted by Gasteiger charge is 2.14. The third kappa shape index (κ3) is 2.66. The Hall–Kier alpha value is -1.36. The number of rotatable bonds is 4. The molecule has 0 N–H and O–H groups in total. The number of pyridine rings is 1. The van der Waals surface area contributed by atoms with Crippen LogP contribution in [-0.2, 0) is 19.5 Å². The van der Waals surface area contributed by atoms with Gasteiger partial charge in [0.1, 0.15) is 0 Å². The molecular formula is C14H18BrN3O. The third-order valence-corrected chi connectivity index (χ3v) is 4.14. The van der Waals surface area contributed by atoms with E-state index in [0.717, 1.165) is 34.4 Å². The molecule has 0 radical (unpaired) electrons. The van der Waals surface area contributed by atoms with Crippen LogP contribution in [0.1, 0.15) is 30.8 Å². The zero-order valence-electron chi connectivity index (χ0n) is 11.5. The molecule has 2 aromatic heterocycles. The van der Waals surface area contributed by atoms with Gasteiger partial charge in [-0.15, -0.1) is 0 Å². The molecular weight excluding hydrogens is 306 g/mol. The standard InChI is InChI=1S/C14H18BrN3O/c1-4-11-13(15)12(18(5-2)16-11)9-17-8-6-7-10(3)14(17)19/h6-8H,4-5,9H2,1-3H3. The number of hydrogen-bond acceptors (Lipinski definition) is 2. The fraction of sp³-hybridized carbons (Fsp3) is 0.429. The Bertz CT molecular complexity index is 643. The second-order valence-electron chi connectivity index (χ2n) is 4.50. The van der Waals surface area contributed by atoms with Crippen molar-refractivity contribution >= 4 is 15.9 Å². The Morgan fingerprint density at radius 3 is 2.74 bits per heavy atom. The van der Waals surface area contributed by atoms with Crippen molar-refractivity contribution in [1.29, 1.82) is 0 Å². The van der Waals surface area contributed by atoms with Gasteiger partial charge in [0.05, 0.1) is 22.4 Å². The molecule has 2 heterocycles. The summed E-state index contributed by atoms with van der Waals surface area (Å²) in [6.45, 7) is 7.32. The van der Waals surface area contributed by atoms with Crippen molar-refractivity contribution in [3.05, 3.63) is 50.1 Å². The van der Waals surface area contributed by atoms with Gasteiger partial charge in [-0.3, -0.25) is 9.48 Å². The van der Waals surface area contributed by atoms with E-state index >= 15 is 0 Å². The summed E-state index contributed by atoms with van der Waals surface area (Å²) in [7, 11) is 0. The van der Waals surface area contributed by atoms with Crippen molar-refractivity contribution in [2.75, 3.05) is 0 Å². The number of hydrogen-bond donors (Lipinski definition) is 0. The summed E-state index contributed by atoms with van der Waals surface area (Å²) in [6, 6.07) is 3.74. The summed E-state index contributed by atoms with van der Waals surface area (Å²) in [5.74, 6) is 0. The van der Waals surface area contributed by atoms with Crippen LogP contribution in [0.2, 0.25) is 0 Å². The van der Waals surface area contributed by atoms with Crippen LogP contribution in [0.3, 0.4) is 0 Å². The predicted octanol–water partition coefficient (Wildman–Crippen LogP) is 2.75. The number of nitrogens with zero attached hydrogens (tertiary/aromatic N) is 3. The molecule has 0 aliphatic heterocycles. The fourth-order valence-corrected chi connectivity index (χ4v) is 2.80. The van der Waals surface area contributed by atoms with Crippen molar-refractivity contribution < 1.29 is 0 Å². The first-order valence-electron chi connectivity index (χ1n) is 6.48. The molecule has 19 heavy (non-hydrogen) atoms. The summed E-state index contributed by atoms with van der Waals surface area (Å²) in [5.41, 5.74) is 2.90. The first-order valence-corrected chi connectivity index (χ1v) is 7.27. The molecule has 0 atom stereocenters. The van der Waals surface area contributed by atoms with E-state index < -0.39 is 0 Å². The van der Waals surface area contributed by atoms with Gasteiger partial charge in [0, 0.05) is 18.3 Å². The summed E-state index contributed by atoms with van der Waals surface area (Å²) in [4.78, 5) is 12.1. The normalized spacial score (nSPS) is 10.9. The minimum atomic E-state index is 0.0521. The van der Waals surface area contributed by atoms with Crippen molar-refractivity contribution in [3.8, 4) is 0 Å². The molecule has 0 unspecified atom stereocenters. The van der Waals surface area contributed by atoms with E-state index in [1.165, 1.54) is 0 Å². The summed E-state index contributed by atoms with van der Waals surface area (Å²) in [6.07, 6.45) is 2.70. The quantitative estimate of drug-likeness (QED) is 0.868.